The van der Waals surface area contributed by atoms with Crippen molar-refractivity contribution >= 4 is 23.6 Å². The Morgan fingerprint density at radius 2 is 1.90 bits per heavy atom. The van der Waals surface area contributed by atoms with Crippen molar-refractivity contribution in [1.82, 2.24) is 9.80 Å². The molecule has 1 fully saturated rings. The molecule has 2 unspecified atom stereocenters. The smallest absolute Gasteiger partial charge is 0.241 e. The van der Waals surface area contributed by atoms with E-state index in [9.17, 15) is 9.59 Å². The summed E-state index contributed by atoms with van der Waals surface area (Å²) in [5.41, 5.74) is 0.857. The van der Waals surface area contributed by atoms with Crippen molar-refractivity contribution in [3.05, 3.63) is 47.5 Å². The van der Waals surface area contributed by atoms with Crippen LogP contribution in [-0.4, -0.2) is 27.1 Å². The second-order valence-electron chi connectivity index (χ2n) is 4.91. The number of carbonyl (C=O) groups excluding carboxylic acids is 2. The number of hydrogen-bond acceptors (Lipinski definition) is 3. The van der Waals surface area contributed by atoms with E-state index in [1.807, 2.05) is 42.7 Å². The third-order valence-corrected chi connectivity index (χ3v) is 4.67. The fourth-order valence-corrected chi connectivity index (χ4v) is 3.57. The molecule has 104 valence electrons. The number of amides is 2. The van der Waals surface area contributed by atoms with Crippen LogP contribution in [0.15, 0.2) is 41.9 Å². The van der Waals surface area contributed by atoms with Gasteiger partial charge in [-0.1, -0.05) is 49.0 Å². The van der Waals surface area contributed by atoms with Crippen LogP contribution in [-0.2, 0) is 16.1 Å². The van der Waals surface area contributed by atoms with Crippen LogP contribution in [0.4, 0.5) is 0 Å². The minimum absolute atomic E-state index is 0.0567. The maximum Gasteiger partial charge on any atom is 0.241 e. The Morgan fingerprint density at radius 3 is 2.60 bits per heavy atom. The van der Waals surface area contributed by atoms with E-state index in [4.69, 9.17) is 0 Å². The van der Waals surface area contributed by atoms with Crippen molar-refractivity contribution < 1.29 is 9.59 Å². The lowest BCUT2D eigenvalue weighted by atomic mass is 10.0. The Balaban J connectivity index is 1.88. The summed E-state index contributed by atoms with van der Waals surface area (Å²) >= 11 is 1.50. The van der Waals surface area contributed by atoms with Crippen molar-refractivity contribution in [1.29, 1.82) is 0 Å². The molecule has 1 aromatic carbocycles. The molecule has 0 aliphatic carbocycles. The van der Waals surface area contributed by atoms with Crippen LogP contribution in [0.3, 0.4) is 0 Å². The van der Waals surface area contributed by atoms with E-state index in [0.717, 1.165) is 5.56 Å². The fourth-order valence-electron chi connectivity index (χ4n) is 2.60. The Hall–Kier alpha value is -1.75. The summed E-state index contributed by atoms with van der Waals surface area (Å²) in [6.07, 6.45) is 2.33. The van der Waals surface area contributed by atoms with Gasteiger partial charge in [0.05, 0.1) is 0 Å². The lowest BCUT2D eigenvalue weighted by molar-refractivity contribution is -0.158. The fraction of sp³-hybridized carbons (Fsp3) is 0.333. The molecule has 4 nitrogen and oxygen atoms in total. The Labute approximate surface area is 122 Å². The van der Waals surface area contributed by atoms with E-state index in [-0.39, 0.29) is 17.3 Å². The minimum Gasteiger partial charge on any atom is -0.307 e. The predicted octanol–water partition coefficient (Wildman–Crippen LogP) is 2.39. The first kappa shape index (κ1) is 13.2. The van der Waals surface area contributed by atoms with Crippen LogP contribution in [0.1, 0.15) is 18.9 Å². The molecule has 5 heteroatoms. The maximum atomic E-state index is 12.6. The average Bonchev–Trinajstić information content (AvgIpc) is 2.95. The molecular formula is C15H16N2O2S. The third kappa shape index (κ3) is 2.12. The topological polar surface area (TPSA) is 40.6 Å². The van der Waals surface area contributed by atoms with Crippen LogP contribution in [0.5, 0.6) is 0 Å². The first-order chi connectivity index (χ1) is 9.72. The molecule has 0 aromatic heterocycles. The summed E-state index contributed by atoms with van der Waals surface area (Å²) in [6, 6.07) is 9.89. The molecule has 2 atom stereocenters. The van der Waals surface area contributed by atoms with E-state index in [1.54, 1.807) is 16.0 Å². The number of hydrogen-bond donors (Lipinski definition) is 0. The van der Waals surface area contributed by atoms with Crippen LogP contribution in [0.2, 0.25) is 0 Å². The first-order valence-electron chi connectivity index (χ1n) is 6.71. The van der Waals surface area contributed by atoms with Gasteiger partial charge in [-0.2, -0.15) is 0 Å². The molecule has 0 radical (unpaired) electrons. The summed E-state index contributed by atoms with van der Waals surface area (Å²) in [6.45, 7) is 2.42. The van der Waals surface area contributed by atoms with E-state index in [0.29, 0.717) is 13.0 Å². The molecule has 1 saturated heterocycles. The quantitative estimate of drug-likeness (QED) is 0.802. The summed E-state index contributed by atoms with van der Waals surface area (Å²) in [4.78, 5) is 28.3. The zero-order valence-corrected chi connectivity index (χ0v) is 12.0. The molecular weight excluding hydrogens is 272 g/mol. The molecule has 2 heterocycles. The standard InChI is InChI=1S/C15H16N2O2S/c1-2-12-13(18)16-8-9-20-15(16)17(14(12)19)10-11-6-4-3-5-7-11/h3-9,12,15H,2,10H2,1H3. The number of rotatable bonds is 3. The first-order valence-corrected chi connectivity index (χ1v) is 7.65. The van der Waals surface area contributed by atoms with Gasteiger partial charge in [-0.15, -0.1) is 0 Å². The maximum absolute atomic E-state index is 12.6. The summed E-state index contributed by atoms with van der Waals surface area (Å²) in [5.74, 6) is -0.676. The lowest BCUT2D eigenvalue weighted by Gasteiger charge is -2.41. The largest absolute Gasteiger partial charge is 0.307 e. The van der Waals surface area contributed by atoms with E-state index < -0.39 is 5.92 Å². The molecule has 2 aliphatic rings. The number of nitrogens with zero attached hydrogens (tertiary/aromatic N) is 2. The SMILES string of the molecule is CCC1C(=O)N2C=CSC2N(Cc2ccccc2)C1=O. The highest BCUT2D eigenvalue weighted by Gasteiger charge is 2.45. The Bertz CT molecular complexity index is 554. The highest BCUT2D eigenvalue weighted by atomic mass is 32.2. The van der Waals surface area contributed by atoms with E-state index in [2.05, 4.69) is 0 Å². The van der Waals surface area contributed by atoms with Gasteiger partial charge in [0, 0.05) is 12.7 Å². The molecule has 0 spiro atoms. The van der Waals surface area contributed by atoms with Crippen molar-refractivity contribution in [2.24, 2.45) is 5.92 Å². The summed E-state index contributed by atoms with van der Waals surface area (Å²) in [5, 5.41) is 1.88. The van der Waals surface area contributed by atoms with Crippen molar-refractivity contribution in [3.8, 4) is 0 Å². The van der Waals surface area contributed by atoms with E-state index in [1.165, 1.54) is 11.8 Å². The molecule has 0 bridgehead atoms. The molecule has 2 aliphatic heterocycles. The average molecular weight is 288 g/mol. The molecule has 2 amide bonds. The van der Waals surface area contributed by atoms with Crippen molar-refractivity contribution in [2.45, 2.75) is 25.4 Å². The van der Waals surface area contributed by atoms with Gasteiger partial charge in [-0.3, -0.25) is 14.5 Å². The zero-order valence-electron chi connectivity index (χ0n) is 11.2. The highest BCUT2D eigenvalue weighted by molar-refractivity contribution is 8.02. The zero-order chi connectivity index (χ0) is 14.1. The molecule has 3 rings (SSSR count). The van der Waals surface area contributed by atoms with Gasteiger partial charge in [-0.25, -0.2) is 0 Å². The minimum atomic E-state index is -0.543. The lowest BCUT2D eigenvalue weighted by Crippen LogP contribution is -2.58. The van der Waals surface area contributed by atoms with Crippen LogP contribution in [0.25, 0.3) is 0 Å². The molecule has 0 N–H and O–H groups in total. The van der Waals surface area contributed by atoms with Gasteiger partial charge in [0.1, 0.15) is 5.92 Å². The normalized spacial score (nSPS) is 25.2. The van der Waals surface area contributed by atoms with Gasteiger partial charge >= 0.3 is 0 Å². The van der Waals surface area contributed by atoms with Gasteiger partial charge in [0.25, 0.3) is 0 Å². The van der Waals surface area contributed by atoms with Crippen LogP contribution < -0.4 is 0 Å². The van der Waals surface area contributed by atoms with E-state index >= 15 is 0 Å². The van der Waals surface area contributed by atoms with Crippen molar-refractivity contribution in [2.75, 3.05) is 0 Å². The van der Waals surface area contributed by atoms with Crippen LogP contribution in [0, 0.1) is 5.92 Å². The van der Waals surface area contributed by atoms with Gasteiger partial charge in [0.2, 0.25) is 11.8 Å². The second kappa shape index (κ2) is 5.32. The predicted molar refractivity (Wildman–Crippen MR) is 78.1 cm³/mol. The Kier molecular flexibility index (Phi) is 3.53. The summed E-state index contributed by atoms with van der Waals surface area (Å²) in [7, 11) is 0. The number of fused-ring (bicyclic) bond motifs is 1. The number of thioether (sulfide) groups is 1. The van der Waals surface area contributed by atoms with Crippen molar-refractivity contribution in [3.63, 3.8) is 0 Å². The highest BCUT2D eigenvalue weighted by Crippen LogP contribution is 2.36. The van der Waals surface area contributed by atoms with Gasteiger partial charge in [-0.05, 0) is 17.4 Å². The van der Waals surface area contributed by atoms with Crippen LogP contribution >= 0.6 is 11.8 Å². The summed E-state index contributed by atoms with van der Waals surface area (Å²) < 4.78 is 0. The molecule has 20 heavy (non-hydrogen) atoms. The molecule has 1 aromatic rings. The monoisotopic (exact) mass is 288 g/mol. The third-order valence-electron chi connectivity index (χ3n) is 3.66. The van der Waals surface area contributed by atoms with Gasteiger partial charge < -0.3 is 4.90 Å². The molecule has 0 saturated carbocycles. The second-order valence-corrected chi connectivity index (χ2v) is 5.87. The number of carbonyl (C=O) groups is 2. The van der Waals surface area contributed by atoms with Gasteiger partial charge in [0.15, 0.2) is 5.50 Å². The number of benzene rings is 1. The Morgan fingerprint density at radius 1 is 1.15 bits per heavy atom.